The summed E-state index contributed by atoms with van der Waals surface area (Å²) in [5, 5.41) is 4.11. The summed E-state index contributed by atoms with van der Waals surface area (Å²) in [6.07, 6.45) is 2.58. The number of halogens is 3. The molecule has 28 heavy (non-hydrogen) atoms. The molecule has 5 nitrogen and oxygen atoms in total. The molecule has 3 aromatic rings. The van der Waals surface area contributed by atoms with E-state index in [2.05, 4.69) is 5.10 Å². The summed E-state index contributed by atoms with van der Waals surface area (Å²) < 4.78 is 48.7. The lowest BCUT2D eigenvalue weighted by molar-refractivity contribution is 0.0222. The van der Waals surface area contributed by atoms with Gasteiger partial charge in [0.1, 0.15) is 11.4 Å². The smallest absolute Gasteiger partial charge is 0.341 e. The second kappa shape index (κ2) is 6.85. The first-order chi connectivity index (χ1) is 13.4. The average molecular weight is 389 g/mol. The number of ether oxygens (including phenoxy) is 1. The second-order valence-corrected chi connectivity index (χ2v) is 6.75. The van der Waals surface area contributed by atoms with E-state index >= 15 is 0 Å². The van der Waals surface area contributed by atoms with E-state index in [-0.39, 0.29) is 12.2 Å². The molecule has 3 heterocycles. The Morgan fingerprint density at radius 3 is 2.89 bits per heavy atom. The molecule has 0 N–H and O–H groups in total. The number of fused-ring (bicyclic) bond motifs is 1. The summed E-state index contributed by atoms with van der Waals surface area (Å²) in [5.74, 6) is -3.90. The number of pyridine rings is 1. The van der Waals surface area contributed by atoms with Crippen LogP contribution in [0.15, 0.2) is 48.8 Å². The largest absolute Gasteiger partial charge is 0.462 e. The predicted molar refractivity (Wildman–Crippen MR) is 97.2 cm³/mol. The highest BCUT2D eigenvalue weighted by molar-refractivity contribution is 5.97. The Labute approximate surface area is 159 Å². The van der Waals surface area contributed by atoms with Crippen molar-refractivity contribution in [3.8, 4) is 0 Å². The molecule has 1 fully saturated rings. The monoisotopic (exact) mass is 389 g/mol. The Morgan fingerprint density at radius 2 is 2.14 bits per heavy atom. The standard InChI is InChI=1S/C20H18F3N3O2/c1-2-28-19(27)16-11-24-26-7-6-15(9-17(16)26)25-12-20(22,23)10-18(25)13-4-3-5-14(21)8-13/h3-9,11,18H,2,10,12H2,1H3. The van der Waals surface area contributed by atoms with E-state index in [1.54, 1.807) is 31.3 Å². The van der Waals surface area contributed by atoms with E-state index in [1.165, 1.54) is 33.8 Å². The fourth-order valence-corrected chi connectivity index (χ4v) is 3.61. The van der Waals surface area contributed by atoms with Crippen LogP contribution in [0, 0.1) is 5.82 Å². The van der Waals surface area contributed by atoms with Gasteiger partial charge < -0.3 is 9.64 Å². The summed E-state index contributed by atoms with van der Waals surface area (Å²) in [6, 6.07) is 8.32. The molecule has 146 valence electrons. The first-order valence-electron chi connectivity index (χ1n) is 8.92. The highest BCUT2D eigenvalue weighted by Gasteiger charge is 2.45. The van der Waals surface area contributed by atoms with Crippen molar-refractivity contribution < 1.29 is 22.7 Å². The van der Waals surface area contributed by atoms with Gasteiger partial charge in [-0.1, -0.05) is 12.1 Å². The number of aromatic nitrogens is 2. The van der Waals surface area contributed by atoms with Crippen LogP contribution in [0.4, 0.5) is 18.9 Å². The molecule has 4 rings (SSSR count). The molecule has 1 atom stereocenters. The minimum absolute atomic E-state index is 0.218. The Balaban J connectivity index is 1.76. The van der Waals surface area contributed by atoms with E-state index in [4.69, 9.17) is 4.74 Å². The van der Waals surface area contributed by atoms with E-state index < -0.39 is 36.7 Å². The van der Waals surface area contributed by atoms with Gasteiger partial charge in [0.25, 0.3) is 5.92 Å². The van der Waals surface area contributed by atoms with Gasteiger partial charge in [-0.15, -0.1) is 0 Å². The molecule has 1 unspecified atom stereocenters. The summed E-state index contributed by atoms with van der Waals surface area (Å²) in [6.45, 7) is 1.42. The number of anilines is 1. The predicted octanol–water partition coefficient (Wildman–Crippen LogP) is 4.24. The lowest BCUT2D eigenvalue weighted by Crippen LogP contribution is -2.26. The zero-order valence-corrected chi connectivity index (χ0v) is 15.1. The molecule has 1 saturated heterocycles. The normalized spacial score (nSPS) is 18.6. The molecular formula is C20H18F3N3O2. The van der Waals surface area contributed by atoms with Crippen LogP contribution in [0.5, 0.6) is 0 Å². The third-order valence-corrected chi connectivity index (χ3v) is 4.84. The molecule has 0 saturated carbocycles. The van der Waals surface area contributed by atoms with Gasteiger partial charge in [0.2, 0.25) is 0 Å². The van der Waals surface area contributed by atoms with Gasteiger partial charge in [0, 0.05) is 18.3 Å². The molecule has 8 heteroatoms. The molecule has 0 spiro atoms. The molecule has 0 aliphatic carbocycles. The molecule has 1 aliphatic heterocycles. The van der Waals surface area contributed by atoms with Crippen LogP contribution in [0.3, 0.4) is 0 Å². The van der Waals surface area contributed by atoms with Crippen molar-refractivity contribution in [3.05, 3.63) is 65.7 Å². The molecule has 1 aromatic carbocycles. The lowest BCUT2D eigenvalue weighted by Gasteiger charge is -2.26. The quantitative estimate of drug-likeness (QED) is 0.627. The van der Waals surface area contributed by atoms with Gasteiger partial charge in [0.15, 0.2) is 0 Å². The SMILES string of the molecule is CCOC(=O)c1cnn2ccc(N3CC(F)(F)CC3c3cccc(F)c3)cc12. The van der Waals surface area contributed by atoms with Crippen LogP contribution in [0.25, 0.3) is 5.52 Å². The molecule has 1 aliphatic rings. The van der Waals surface area contributed by atoms with E-state index in [9.17, 15) is 18.0 Å². The number of nitrogens with zero attached hydrogens (tertiary/aromatic N) is 3. The van der Waals surface area contributed by atoms with E-state index in [1.807, 2.05) is 0 Å². The van der Waals surface area contributed by atoms with E-state index in [0.29, 0.717) is 16.8 Å². The van der Waals surface area contributed by atoms with Crippen molar-refractivity contribution in [2.45, 2.75) is 25.3 Å². The van der Waals surface area contributed by atoms with Gasteiger partial charge in [0.05, 0.1) is 30.9 Å². The number of esters is 1. The van der Waals surface area contributed by atoms with Gasteiger partial charge in [-0.3, -0.25) is 0 Å². The van der Waals surface area contributed by atoms with Gasteiger partial charge in [-0.05, 0) is 36.8 Å². The summed E-state index contributed by atoms with van der Waals surface area (Å²) in [4.78, 5) is 13.7. The number of benzene rings is 1. The first-order valence-corrected chi connectivity index (χ1v) is 8.92. The fraction of sp³-hybridized carbons (Fsp3) is 0.300. The van der Waals surface area contributed by atoms with Crippen LogP contribution in [-0.4, -0.2) is 34.7 Å². The van der Waals surface area contributed by atoms with Gasteiger partial charge >= 0.3 is 5.97 Å². The van der Waals surface area contributed by atoms with Crippen LogP contribution in [0.1, 0.15) is 35.3 Å². The first kappa shape index (κ1) is 18.3. The van der Waals surface area contributed by atoms with Gasteiger partial charge in [-0.25, -0.2) is 22.5 Å². The maximum Gasteiger partial charge on any atom is 0.341 e. The minimum Gasteiger partial charge on any atom is -0.462 e. The zero-order valence-electron chi connectivity index (χ0n) is 15.1. The lowest BCUT2D eigenvalue weighted by atomic mass is 10.0. The number of carbonyl (C=O) groups is 1. The fourth-order valence-electron chi connectivity index (χ4n) is 3.61. The van der Waals surface area contributed by atoms with Gasteiger partial charge in [-0.2, -0.15) is 5.10 Å². The third-order valence-electron chi connectivity index (χ3n) is 4.84. The molecule has 0 amide bonds. The van der Waals surface area contributed by atoms with Crippen LogP contribution in [0.2, 0.25) is 0 Å². The molecular weight excluding hydrogens is 371 g/mol. The number of carbonyl (C=O) groups excluding carboxylic acids is 1. The summed E-state index contributed by atoms with van der Waals surface area (Å²) >= 11 is 0. The highest BCUT2D eigenvalue weighted by atomic mass is 19.3. The maximum atomic E-state index is 14.3. The Kier molecular flexibility index (Phi) is 4.49. The van der Waals surface area contributed by atoms with Crippen LogP contribution >= 0.6 is 0 Å². The summed E-state index contributed by atoms with van der Waals surface area (Å²) in [5.41, 5.74) is 1.71. The third kappa shape index (κ3) is 3.30. The van der Waals surface area contributed by atoms with E-state index in [0.717, 1.165) is 0 Å². The number of hydrogen-bond acceptors (Lipinski definition) is 4. The number of rotatable bonds is 4. The molecule has 0 radical (unpaired) electrons. The average Bonchev–Trinajstić information content (AvgIpc) is 3.22. The molecule has 2 aromatic heterocycles. The zero-order chi connectivity index (χ0) is 19.9. The van der Waals surface area contributed by atoms with Crippen molar-refractivity contribution in [1.82, 2.24) is 9.61 Å². The highest BCUT2D eigenvalue weighted by Crippen LogP contribution is 2.44. The Hall–Kier alpha value is -3.03. The number of alkyl halides is 2. The van der Waals surface area contributed by atoms with Crippen molar-refractivity contribution in [1.29, 1.82) is 0 Å². The van der Waals surface area contributed by atoms with Crippen molar-refractivity contribution in [2.75, 3.05) is 18.1 Å². The number of hydrogen-bond donors (Lipinski definition) is 0. The van der Waals surface area contributed by atoms with Crippen molar-refractivity contribution >= 4 is 17.2 Å². The molecule has 0 bridgehead atoms. The maximum absolute atomic E-state index is 14.3. The van der Waals surface area contributed by atoms with Crippen molar-refractivity contribution in [3.63, 3.8) is 0 Å². The minimum atomic E-state index is -2.91. The Bertz CT molecular complexity index is 1030. The second-order valence-electron chi connectivity index (χ2n) is 6.75. The summed E-state index contributed by atoms with van der Waals surface area (Å²) in [7, 11) is 0. The van der Waals surface area contributed by atoms with Crippen molar-refractivity contribution in [2.24, 2.45) is 0 Å². The Morgan fingerprint density at radius 1 is 1.32 bits per heavy atom. The van der Waals surface area contributed by atoms with Crippen LogP contribution in [-0.2, 0) is 4.74 Å². The topological polar surface area (TPSA) is 46.8 Å². The van der Waals surface area contributed by atoms with Crippen LogP contribution < -0.4 is 4.90 Å².